The Hall–Kier alpha value is -1.73. The number of rotatable bonds is 5. The number of nitro benzene ring substituents is 1. The molecule has 0 aromatic heterocycles. The van der Waals surface area contributed by atoms with Crippen molar-refractivity contribution in [2.45, 2.75) is 13.0 Å². The molecule has 6 nitrogen and oxygen atoms in total. The van der Waals surface area contributed by atoms with Gasteiger partial charge in [0.2, 0.25) is 0 Å². The summed E-state index contributed by atoms with van der Waals surface area (Å²) in [7, 11) is 0. The molecule has 17 heavy (non-hydrogen) atoms. The second-order valence-corrected chi connectivity index (χ2v) is 3.53. The number of nitro groups is 1. The Kier molecular flexibility index (Phi) is 4.36. The maximum Gasteiger partial charge on any atom is 0.275 e. The quantitative estimate of drug-likeness (QED) is 0.588. The van der Waals surface area contributed by atoms with Crippen molar-refractivity contribution in [2.24, 2.45) is 5.73 Å². The fourth-order valence-electron chi connectivity index (χ4n) is 1.21. The van der Waals surface area contributed by atoms with Crippen LogP contribution in [0.1, 0.15) is 5.56 Å². The minimum Gasteiger partial charge on any atom is -0.488 e. The van der Waals surface area contributed by atoms with Gasteiger partial charge in [-0.25, -0.2) is 4.39 Å². The maximum atomic E-state index is 13.4. The zero-order valence-electron chi connectivity index (χ0n) is 9.22. The number of nitrogens with zero attached hydrogens (tertiary/aromatic N) is 1. The largest absolute Gasteiger partial charge is 0.488 e. The van der Waals surface area contributed by atoms with Crippen molar-refractivity contribution in [1.82, 2.24) is 0 Å². The molecule has 0 fully saturated rings. The summed E-state index contributed by atoms with van der Waals surface area (Å²) in [5.74, 6) is -0.980. The van der Waals surface area contributed by atoms with E-state index < -0.39 is 16.8 Å². The molecule has 3 N–H and O–H groups in total. The van der Waals surface area contributed by atoms with Crippen LogP contribution in [0.5, 0.6) is 5.75 Å². The molecule has 0 aliphatic rings. The van der Waals surface area contributed by atoms with Crippen LogP contribution in [0.25, 0.3) is 0 Å². The van der Waals surface area contributed by atoms with Crippen LogP contribution in [0.2, 0.25) is 0 Å². The lowest BCUT2D eigenvalue weighted by molar-refractivity contribution is -0.385. The highest BCUT2D eigenvalue weighted by Crippen LogP contribution is 2.26. The van der Waals surface area contributed by atoms with Crippen molar-refractivity contribution in [3.05, 3.63) is 33.6 Å². The molecule has 1 aromatic rings. The Morgan fingerprint density at radius 3 is 2.82 bits per heavy atom. The molecule has 0 radical (unpaired) electrons. The Bertz CT molecular complexity index is 425. The lowest BCUT2D eigenvalue weighted by Crippen LogP contribution is -2.26. The number of benzene rings is 1. The smallest absolute Gasteiger partial charge is 0.275 e. The molecule has 0 spiro atoms. The molecule has 0 saturated carbocycles. The van der Waals surface area contributed by atoms with Crippen LogP contribution in [0.4, 0.5) is 10.1 Å². The van der Waals surface area contributed by atoms with Crippen molar-refractivity contribution in [2.75, 3.05) is 13.2 Å². The second kappa shape index (κ2) is 5.55. The lowest BCUT2D eigenvalue weighted by atomic mass is 10.2. The van der Waals surface area contributed by atoms with E-state index in [0.29, 0.717) is 0 Å². The molecule has 94 valence electrons. The molecule has 1 rings (SSSR count). The fraction of sp³-hybridized carbons (Fsp3) is 0.400. The van der Waals surface area contributed by atoms with Gasteiger partial charge in [0.25, 0.3) is 5.69 Å². The van der Waals surface area contributed by atoms with Gasteiger partial charge in [-0.1, -0.05) is 0 Å². The number of aliphatic hydroxyl groups is 1. The molecule has 1 aromatic carbocycles. The monoisotopic (exact) mass is 244 g/mol. The van der Waals surface area contributed by atoms with Crippen molar-refractivity contribution in [1.29, 1.82) is 0 Å². The van der Waals surface area contributed by atoms with Gasteiger partial charge in [-0.05, 0) is 13.0 Å². The van der Waals surface area contributed by atoms with Gasteiger partial charge in [0.1, 0.15) is 12.7 Å². The normalized spacial score (nSPS) is 12.2. The molecular formula is C10H13FN2O4. The van der Waals surface area contributed by atoms with Crippen LogP contribution in [-0.4, -0.2) is 29.3 Å². The Labute approximate surface area is 97.0 Å². The van der Waals surface area contributed by atoms with E-state index in [1.165, 1.54) is 13.0 Å². The molecule has 1 unspecified atom stereocenters. The van der Waals surface area contributed by atoms with Gasteiger partial charge in [-0.15, -0.1) is 0 Å². The predicted molar refractivity (Wildman–Crippen MR) is 58.3 cm³/mol. The van der Waals surface area contributed by atoms with Crippen LogP contribution < -0.4 is 10.5 Å². The van der Waals surface area contributed by atoms with E-state index in [0.717, 1.165) is 6.07 Å². The first-order valence-corrected chi connectivity index (χ1v) is 4.91. The van der Waals surface area contributed by atoms with E-state index in [1.54, 1.807) is 0 Å². The van der Waals surface area contributed by atoms with Gasteiger partial charge in [0, 0.05) is 12.1 Å². The number of aryl methyl sites for hydroxylation is 1. The van der Waals surface area contributed by atoms with Gasteiger partial charge in [0.05, 0.1) is 11.0 Å². The molecule has 0 bridgehead atoms. The van der Waals surface area contributed by atoms with Crippen LogP contribution >= 0.6 is 0 Å². The molecular weight excluding hydrogens is 231 g/mol. The summed E-state index contributed by atoms with van der Waals surface area (Å²) in [6, 6.07) is 2.01. The zero-order chi connectivity index (χ0) is 13.0. The van der Waals surface area contributed by atoms with Crippen LogP contribution in [0.3, 0.4) is 0 Å². The number of halogens is 1. The van der Waals surface area contributed by atoms with E-state index in [2.05, 4.69) is 0 Å². The lowest BCUT2D eigenvalue weighted by Gasteiger charge is -2.11. The predicted octanol–water partition coefficient (Wildman–Crippen LogP) is 0.741. The molecule has 1 atom stereocenters. The Morgan fingerprint density at radius 1 is 1.65 bits per heavy atom. The van der Waals surface area contributed by atoms with Gasteiger partial charge >= 0.3 is 0 Å². The third kappa shape index (κ3) is 3.36. The standard InChI is InChI=1S/C10H13FN2O4/c1-6-2-10(17-5-7(14)4-12)8(11)3-9(6)13(15)16/h2-3,7,14H,4-5,12H2,1H3. The minimum absolute atomic E-state index is 0.00637. The molecule has 7 heteroatoms. The number of hydrogen-bond donors (Lipinski definition) is 2. The van der Waals surface area contributed by atoms with Crippen LogP contribution in [0, 0.1) is 22.9 Å². The van der Waals surface area contributed by atoms with Crippen molar-refractivity contribution >= 4 is 5.69 Å². The SMILES string of the molecule is Cc1cc(OCC(O)CN)c(F)cc1[N+](=O)[O-]. The maximum absolute atomic E-state index is 13.4. The highest BCUT2D eigenvalue weighted by Gasteiger charge is 2.16. The number of hydrogen-bond acceptors (Lipinski definition) is 5. The third-order valence-corrected chi connectivity index (χ3v) is 2.15. The number of ether oxygens (including phenoxy) is 1. The Balaban J connectivity index is 2.88. The summed E-state index contributed by atoms with van der Waals surface area (Å²) in [5, 5.41) is 19.7. The van der Waals surface area contributed by atoms with E-state index in [9.17, 15) is 14.5 Å². The van der Waals surface area contributed by atoms with Gasteiger partial charge in [-0.3, -0.25) is 10.1 Å². The first kappa shape index (κ1) is 13.3. The van der Waals surface area contributed by atoms with E-state index >= 15 is 0 Å². The third-order valence-electron chi connectivity index (χ3n) is 2.15. The highest BCUT2D eigenvalue weighted by atomic mass is 19.1. The summed E-state index contributed by atoms with van der Waals surface area (Å²) < 4.78 is 18.4. The summed E-state index contributed by atoms with van der Waals surface area (Å²) in [4.78, 5) is 9.87. The summed E-state index contributed by atoms with van der Waals surface area (Å²) in [6.45, 7) is 1.31. The molecule has 0 heterocycles. The molecule has 0 amide bonds. The molecule has 0 aliphatic heterocycles. The van der Waals surface area contributed by atoms with Gasteiger partial charge in [0.15, 0.2) is 11.6 Å². The fourth-order valence-corrected chi connectivity index (χ4v) is 1.21. The van der Waals surface area contributed by atoms with Crippen molar-refractivity contribution in [3.8, 4) is 5.75 Å². The van der Waals surface area contributed by atoms with Crippen molar-refractivity contribution < 1.29 is 19.2 Å². The van der Waals surface area contributed by atoms with Gasteiger partial charge in [-0.2, -0.15) is 0 Å². The number of aliphatic hydroxyl groups excluding tert-OH is 1. The second-order valence-electron chi connectivity index (χ2n) is 3.53. The van der Waals surface area contributed by atoms with Crippen LogP contribution in [-0.2, 0) is 0 Å². The Morgan fingerprint density at radius 2 is 2.29 bits per heavy atom. The highest BCUT2D eigenvalue weighted by molar-refractivity contribution is 5.45. The first-order chi connectivity index (χ1) is 7.95. The first-order valence-electron chi connectivity index (χ1n) is 4.91. The molecule has 0 saturated heterocycles. The average Bonchev–Trinajstić information content (AvgIpc) is 2.28. The van der Waals surface area contributed by atoms with E-state index in [1.807, 2.05) is 0 Å². The zero-order valence-corrected chi connectivity index (χ0v) is 9.22. The van der Waals surface area contributed by atoms with E-state index in [4.69, 9.17) is 15.6 Å². The summed E-state index contributed by atoms with van der Waals surface area (Å²) in [5.41, 5.74) is 5.13. The average molecular weight is 244 g/mol. The van der Waals surface area contributed by atoms with E-state index in [-0.39, 0.29) is 30.2 Å². The topological polar surface area (TPSA) is 98.6 Å². The summed E-state index contributed by atoms with van der Waals surface area (Å²) in [6.07, 6.45) is -0.898. The number of nitrogens with two attached hydrogens (primary N) is 1. The molecule has 0 aliphatic carbocycles. The van der Waals surface area contributed by atoms with Gasteiger partial charge < -0.3 is 15.6 Å². The summed E-state index contributed by atoms with van der Waals surface area (Å²) >= 11 is 0. The van der Waals surface area contributed by atoms with Crippen LogP contribution in [0.15, 0.2) is 12.1 Å². The van der Waals surface area contributed by atoms with Crippen molar-refractivity contribution in [3.63, 3.8) is 0 Å². The minimum atomic E-state index is -0.898.